The van der Waals surface area contributed by atoms with Gasteiger partial charge in [-0.25, -0.2) is 0 Å². The van der Waals surface area contributed by atoms with Crippen molar-refractivity contribution in [2.75, 3.05) is 19.8 Å². The molecule has 12 heavy (non-hydrogen) atoms. The van der Waals surface area contributed by atoms with Crippen molar-refractivity contribution in [2.24, 2.45) is 11.7 Å². The molecular weight excluding hydrogens is 150 g/mol. The number of rotatable bonds is 7. The van der Waals surface area contributed by atoms with Gasteiger partial charge in [-0.15, -0.1) is 0 Å². The molecule has 72 valence electrons. The van der Waals surface area contributed by atoms with Crippen LogP contribution in [0.15, 0.2) is 12.2 Å². The Morgan fingerprint density at radius 2 is 2.25 bits per heavy atom. The fraction of sp³-hybridized carbons (Fsp3) is 0.800. The van der Waals surface area contributed by atoms with E-state index in [1.54, 1.807) is 0 Å². The summed E-state index contributed by atoms with van der Waals surface area (Å²) in [5.41, 5.74) is 6.34. The predicted octanol–water partition coefficient (Wildman–Crippen LogP) is 1.95. The maximum atomic E-state index is 5.42. The minimum atomic E-state index is 0.530. The molecule has 2 heteroatoms. The van der Waals surface area contributed by atoms with E-state index in [1.807, 2.05) is 0 Å². The number of hydrogen-bond donors (Lipinski definition) is 1. The van der Waals surface area contributed by atoms with Gasteiger partial charge >= 0.3 is 0 Å². The van der Waals surface area contributed by atoms with Gasteiger partial charge in [0, 0.05) is 13.2 Å². The molecule has 0 aromatic rings. The molecule has 0 saturated carbocycles. The highest BCUT2D eigenvalue weighted by molar-refractivity contribution is 4.95. The minimum absolute atomic E-state index is 0.530. The Morgan fingerprint density at radius 1 is 1.58 bits per heavy atom. The molecule has 0 rings (SSSR count). The molecule has 0 aliphatic heterocycles. The van der Waals surface area contributed by atoms with Gasteiger partial charge in [0.25, 0.3) is 0 Å². The Balaban J connectivity index is 3.24. The average Bonchev–Trinajstić information content (AvgIpc) is 2.04. The van der Waals surface area contributed by atoms with E-state index in [9.17, 15) is 0 Å². The largest absolute Gasteiger partial charge is 0.377 e. The van der Waals surface area contributed by atoms with Crippen LogP contribution in [0.25, 0.3) is 0 Å². The lowest BCUT2D eigenvalue weighted by Gasteiger charge is -2.10. The van der Waals surface area contributed by atoms with Gasteiger partial charge < -0.3 is 10.5 Å². The fourth-order valence-corrected chi connectivity index (χ4v) is 1.04. The van der Waals surface area contributed by atoms with Crippen LogP contribution in [0.3, 0.4) is 0 Å². The van der Waals surface area contributed by atoms with Crippen LogP contribution < -0.4 is 5.73 Å². The van der Waals surface area contributed by atoms with Crippen LogP contribution in [0.4, 0.5) is 0 Å². The number of ether oxygens (including phenoxy) is 1. The lowest BCUT2D eigenvalue weighted by atomic mass is 10.1. The van der Waals surface area contributed by atoms with Crippen molar-refractivity contribution >= 4 is 0 Å². The smallest absolute Gasteiger partial charge is 0.0686 e. The van der Waals surface area contributed by atoms with E-state index in [-0.39, 0.29) is 0 Å². The normalized spacial score (nSPS) is 12.9. The zero-order valence-electron chi connectivity index (χ0n) is 8.31. The van der Waals surface area contributed by atoms with E-state index in [0.717, 1.165) is 12.2 Å². The van der Waals surface area contributed by atoms with Crippen molar-refractivity contribution < 1.29 is 4.74 Å². The van der Waals surface area contributed by atoms with Gasteiger partial charge in [-0.05, 0) is 17.9 Å². The molecule has 0 aromatic heterocycles. The first-order valence-electron chi connectivity index (χ1n) is 4.65. The molecule has 0 saturated heterocycles. The van der Waals surface area contributed by atoms with Gasteiger partial charge in [0.15, 0.2) is 0 Å². The monoisotopic (exact) mass is 171 g/mol. The molecule has 0 fully saturated rings. The fourth-order valence-electron chi connectivity index (χ4n) is 1.04. The van der Waals surface area contributed by atoms with Crippen LogP contribution in [0.5, 0.6) is 0 Å². The Morgan fingerprint density at radius 3 is 2.75 bits per heavy atom. The topological polar surface area (TPSA) is 35.2 Å². The van der Waals surface area contributed by atoms with Gasteiger partial charge in [0.2, 0.25) is 0 Å². The number of nitrogens with two attached hydrogens (primary N) is 1. The zero-order chi connectivity index (χ0) is 9.40. The Hall–Kier alpha value is -0.340. The highest BCUT2D eigenvalue weighted by Gasteiger charge is 2.00. The Labute approximate surface area is 75.8 Å². The number of hydrogen-bond acceptors (Lipinski definition) is 2. The second-order valence-electron chi connectivity index (χ2n) is 3.36. The molecular formula is C10H21NO. The molecule has 0 aromatic carbocycles. The maximum absolute atomic E-state index is 5.42. The molecule has 0 aliphatic rings. The molecule has 0 amide bonds. The first-order valence-corrected chi connectivity index (χ1v) is 4.65. The van der Waals surface area contributed by atoms with Crippen molar-refractivity contribution in [1.29, 1.82) is 0 Å². The van der Waals surface area contributed by atoms with Crippen LogP contribution >= 0.6 is 0 Å². The summed E-state index contributed by atoms with van der Waals surface area (Å²) in [6, 6.07) is 0. The van der Waals surface area contributed by atoms with Crippen LogP contribution in [-0.2, 0) is 4.74 Å². The predicted molar refractivity (Wildman–Crippen MR) is 53.1 cm³/mol. The Kier molecular flexibility index (Phi) is 7.11. The second kappa shape index (κ2) is 7.32. The highest BCUT2D eigenvalue weighted by Crippen LogP contribution is 2.05. The molecule has 1 unspecified atom stereocenters. The van der Waals surface area contributed by atoms with Gasteiger partial charge in [-0.1, -0.05) is 26.8 Å². The van der Waals surface area contributed by atoms with Crippen molar-refractivity contribution in [3.05, 3.63) is 12.2 Å². The standard InChI is InChI=1S/C10H21NO/c1-4-5-9(2)7-12-8-10(3)6-11/h9H,3-8,11H2,1-2H3. The summed E-state index contributed by atoms with van der Waals surface area (Å²) in [5.74, 6) is 0.653. The van der Waals surface area contributed by atoms with Crippen LogP contribution in [0, 0.1) is 5.92 Å². The first-order chi connectivity index (χ1) is 5.70. The maximum Gasteiger partial charge on any atom is 0.0686 e. The summed E-state index contributed by atoms with van der Waals surface area (Å²) in [6.45, 7) is 10.1. The van der Waals surface area contributed by atoms with E-state index in [4.69, 9.17) is 10.5 Å². The van der Waals surface area contributed by atoms with E-state index >= 15 is 0 Å². The minimum Gasteiger partial charge on any atom is -0.377 e. The summed E-state index contributed by atoms with van der Waals surface area (Å²) in [7, 11) is 0. The van der Waals surface area contributed by atoms with Crippen molar-refractivity contribution in [3.8, 4) is 0 Å². The molecule has 2 nitrogen and oxygen atoms in total. The average molecular weight is 171 g/mol. The lowest BCUT2D eigenvalue weighted by molar-refractivity contribution is 0.120. The summed E-state index contributed by atoms with van der Waals surface area (Å²) in [4.78, 5) is 0. The van der Waals surface area contributed by atoms with E-state index in [2.05, 4.69) is 20.4 Å². The summed E-state index contributed by atoms with van der Waals surface area (Å²) >= 11 is 0. The van der Waals surface area contributed by atoms with Crippen molar-refractivity contribution in [1.82, 2.24) is 0 Å². The molecule has 1 atom stereocenters. The molecule has 0 bridgehead atoms. The van der Waals surface area contributed by atoms with E-state index < -0.39 is 0 Å². The van der Waals surface area contributed by atoms with Gasteiger partial charge in [0.1, 0.15) is 0 Å². The SMILES string of the molecule is C=C(CN)COCC(C)CCC. The van der Waals surface area contributed by atoms with E-state index in [0.29, 0.717) is 19.1 Å². The third-order valence-electron chi connectivity index (χ3n) is 1.78. The van der Waals surface area contributed by atoms with Crippen LogP contribution in [0.2, 0.25) is 0 Å². The van der Waals surface area contributed by atoms with Gasteiger partial charge in [-0.2, -0.15) is 0 Å². The second-order valence-corrected chi connectivity index (χ2v) is 3.36. The first kappa shape index (κ1) is 11.7. The molecule has 0 aliphatic carbocycles. The third kappa shape index (κ3) is 6.38. The Bertz CT molecular complexity index is 123. The van der Waals surface area contributed by atoms with Gasteiger partial charge in [0.05, 0.1) is 6.61 Å². The molecule has 2 N–H and O–H groups in total. The summed E-state index contributed by atoms with van der Waals surface area (Å²) < 4.78 is 5.42. The highest BCUT2D eigenvalue weighted by atomic mass is 16.5. The molecule has 0 radical (unpaired) electrons. The van der Waals surface area contributed by atoms with Crippen LogP contribution in [0.1, 0.15) is 26.7 Å². The summed E-state index contributed by atoms with van der Waals surface area (Å²) in [6.07, 6.45) is 2.46. The van der Waals surface area contributed by atoms with Crippen molar-refractivity contribution in [3.63, 3.8) is 0 Å². The lowest BCUT2D eigenvalue weighted by Crippen LogP contribution is -2.11. The zero-order valence-corrected chi connectivity index (χ0v) is 8.31. The van der Waals surface area contributed by atoms with Crippen LogP contribution in [-0.4, -0.2) is 19.8 Å². The third-order valence-corrected chi connectivity index (χ3v) is 1.78. The van der Waals surface area contributed by atoms with Crippen molar-refractivity contribution in [2.45, 2.75) is 26.7 Å². The van der Waals surface area contributed by atoms with Gasteiger partial charge in [-0.3, -0.25) is 0 Å². The summed E-state index contributed by atoms with van der Waals surface area (Å²) in [5, 5.41) is 0. The quantitative estimate of drug-likeness (QED) is 0.594. The molecule has 0 heterocycles. The molecule has 0 spiro atoms. The van der Waals surface area contributed by atoms with E-state index in [1.165, 1.54) is 12.8 Å².